The van der Waals surface area contributed by atoms with E-state index in [0.717, 1.165) is 29.1 Å². The highest BCUT2D eigenvalue weighted by Gasteiger charge is 2.28. The summed E-state index contributed by atoms with van der Waals surface area (Å²) in [4.78, 5) is 34.1. The molecule has 0 radical (unpaired) electrons. The molecule has 6 nitrogen and oxygen atoms in total. The molecule has 7 heteroatoms. The number of benzene rings is 1. The van der Waals surface area contributed by atoms with E-state index in [1.807, 2.05) is 30.5 Å². The molecule has 2 heterocycles. The van der Waals surface area contributed by atoms with E-state index in [9.17, 15) is 9.59 Å². The number of aromatic nitrogens is 2. The quantitative estimate of drug-likeness (QED) is 0.705. The Balaban J connectivity index is 1.45. The predicted octanol–water partition coefficient (Wildman–Crippen LogP) is 3.91. The monoisotopic (exact) mass is 392 g/mol. The van der Waals surface area contributed by atoms with Crippen LogP contribution in [0.4, 0.5) is 11.4 Å². The van der Waals surface area contributed by atoms with Crippen molar-refractivity contribution < 1.29 is 9.59 Å². The van der Waals surface area contributed by atoms with Gasteiger partial charge in [-0.25, -0.2) is 4.98 Å². The molecular formula is C21H20N4O2S. The van der Waals surface area contributed by atoms with Gasteiger partial charge in [-0.2, -0.15) is 0 Å². The molecule has 1 aliphatic carbocycles. The zero-order chi connectivity index (χ0) is 19.5. The van der Waals surface area contributed by atoms with Crippen LogP contribution in [0.5, 0.6) is 0 Å². The van der Waals surface area contributed by atoms with Crippen LogP contribution in [0.15, 0.2) is 48.8 Å². The number of anilines is 2. The maximum absolute atomic E-state index is 12.8. The van der Waals surface area contributed by atoms with E-state index in [-0.39, 0.29) is 17.7 Å². The van der Waals surface area contributed by atoms with Gasteiger partial charge in [0.25, 0.3) is 0 Å². The molecule has 0 aliphatic heterocycles. The lowest BCUT2D eigenvalue weighted by atomic mass is 9.90. The van der Waals surface area contributed by atoms with E-state index in [4.69, 9.17) is 4.98 Å². The van der Waals surface area contributed by atoms with Crippen LogP contribution in [0.1, 0.15) is 23.9 Å². The smallest absolute Gasteiger partial charge is 0.227 e. The Morgan fingerprint density at radius 3 is 2.71 bits per heavy atom. The molecule has 28 heavy (non-hydrogen) atoms. The first kappa shape index (κ1) is 18.3. The van der Waals surface area contributed by atoms with Crippen LogP contribution < -0.4 is 10.6 Å². The van der Waals surface area contributed by atoms with Crippen LogP contribution in [0.25, 0.3) is 10.6 Å². The van der Waals surface area contributed by atoms with Crippen molar-refractivity contribution in [2.24, 2.45) is 5.92 Å². The van der Waals surface area contributed by atoms with E-state index in [0.29, 0.717) is 17.8 Å². The van der Waals surface area contributed by atoms with Crippen molar-refractivity contribution in [2.75, 3.05) is 10.6 Å². The Hall–Kier alpha value is -3.06. The number of carbonyl (C=O) groups excluding carboxylic acids is 2. The number of hydrogen-bond acceptors (Lipinski definition) is 5. The second-order valence-corrected chi connectivity index (χ2v) is 7.91. The molecule has 0 spiro atoms. The van der Waals surface area contributed by atoms with Gasteiger partial charge in [0.1, 0.15) is 5.01 Å². The summed E-state index contributed by atoms with van der Waals surface area (Å²) in [5.41, 5.74) is 3.46. The molecule has 142 valence electrons. The zero-order valence-electron chi connectivity index (χ0n) is 15.4. The molecule has 2 amide bonds. The molecule has 3 aromatic rings. The van der Waals surface area contributed by atoms with Gasteiger partial charge in [0, 0.05) is 47.1 Å². The number of thiazole rings is 1. The number of aryl methyl sites for hydroxylation is 1. The average molecular weight is 392 g/mol. The average Bonchev–Trinajstić information content (AvgIpc) is 3.12. The fraction of sp³-hybridized carbons (Fsp3) is 0.238. The number of carbonyl (C=O) groups is 2. The fourth-order valence-corrected chi connectivity index (χ4v) is 4.51. The number of nitrogens with zero attached hydrogens (tertiary/aromatic N) is 2. The van der Waals surface area contributed by atoms with E-state index in [2.05, 4.69) is 15.6 Å². The third-order valence-electron chi connectivity index (χ3n) is 4.67. The first-order valence-electron chi connectivity index (χ1n) is 9.16. The van der Waals surface area contributed by atoms with Gasteiger partial charge in [0.05, 0.1) is 5.69 Å². The maximum atomic E-state index is 12.8. The van der Waals surface area contributed by atoms with Gasteiger partial charge >= 0.3 is 0 Å². The third-order valence-corrected chi connectivity index (χ3v) is 5.84. The summed E-state index contributed by atoms with van der Waals surface area (Å²) in [5.74, 6) is -0.223. The Labute approximate surface area is 167 Å². The predicted molar refractivity (Wildman–Crippen MR) is 110 cm³/mol. The zero-order valence-corrected chi connectivity index (χ0v) is 16.3. The molecule has 2 aromatic heterocycles. The number of hydrogen-bond donors (Lipinski definition) is 2. The lowest BCUT2D eigenvalue weighted by Crippen LogP contribution is -2.27. The van der Waals surface area contributed by atoms with Crippen molar-refractivity contribution >= 4 is 34.5 Å². The molecule has 0 fully saturated rings. The summed E-state index contributed by atoms with van der Waals surface area (Å²) in [6, 6.07) is 11.1. The highest BCUT2D eigenvalue weighted by atomic mass is 32.1. The highest BCUT2D eigenvalue weighted by Crippen LogP contribution is 2.34. The van der Waals surface area contributed by atoms with E-state index < -0.39 is 0 Å². The number of amides is 2. The molecule has 0 bridgehead atoms. The highest BCUT2D eigenvalue weighted by molar-refractivity contribution is 7.15. The molecule has 0 saturated heterocycles. The van der Waals surface area contributed by atoms with Crippen molar-refractivity contribution in [3.63, 3.8) is 0 Å². The molecule has 1 unspecified atom stereocenters. The number of pyridine rings is 1. The van der Waals surface area contributed by atoms with Crippen LogP contribution in [0.2, 0.25) is 0 Å². The van der Waals surface area contributed by atoms with Crippen LogP contribution >= 0.6 is 11.3 Å². The van der Waals surface area contributed by atoms with Gasteiger partial charge in [0.2, 0.25) is 11.8 Å². The largest absolute Gasteiger partial charge is 0.326 e. The van der Waals surface area contributed by atoms with Crippen molar-refractivity contribution in [3.05, 3.63) is 59.4 Å². The number of rotatable bonds is 4. The van der Waals surface area contributed by atoms with Gasteiger partial charge in [-0.05, 0) is 49.6 Å². The normalized spacial score (nSPS) is 15.5. The Morgan fingerprint density at radius 1 is 1.14 bits per heavy atom. The molecule has 2 N–H and O–H groups in total. The maximum Gasteiger partial charge on any atom is 0.227 e. The lowest BCUT2D eigenvalue weighted by molar-refractivity contribution is -0.120. The summed E-state index contributed by atoms with van der Waals surface area (Å²) in [5, 5.41) is 6.67. The first-order chi connectivity index (χ1) is 13.6. The Bertz CT molecular complexity index is 1020. The summed E-state index contributed by atoms with van der Waals surface area (Å²) in [7, 11) is 0. The van der Waals surface area contributed by atoms with Crippen LogP contribution in [-0.4, -0.2) is 21.8 Å². The minimum Gasteiger partial charge on any atom is -0.326 e. The van der Waals surface area contributed by atoms with E-state index >= 15 is 0 Å². The van der Waals surface area contributed by atoms with E-state index in [1.54, 1.807) is 29.7 Å². The van der Waals surface area contributed by atoms with Gasteiger partial charge in [0.15, 0.2) is 0 Å². The van der Waals surface area contributed by atoms with Crippen molar-refractivity contribution in [1.29, 1.82) is 0 Å². The second kappa shape index (κ2) is 7.90. The second-order valence-electron chi connectivity index (χ2n) is 6.82. The van der Waals surface area contributed by atoms with E-state index in [1.165, 1.54) is 11.8 Å². The topological polar surface area (TPSA) is 84.0 Å². The van der Waals surface area contributed by atoms with Crippen molar-refractivity contribution in [1.82, 2.24) is 9.97 Å². The molecule has 0 saturated carbocycles. The van der Waals surface area contributed by atoms with Crippen molar-refractivity contribution in [2.45, 2.75) is 26.2 Å². The third kappa shape index (κ3) is 4.09. The standard InChI is InChI=1S/C21H20N4O2S/c1-13(26)23-16-5-2-6-17(11-16)24-20(27)14-7-8-18-19(10-14)28-21(25-18)15-4-3-9-22-12-15/h2-6,9,11-12,14H,7-8,10H2,1H3,(H,23,26)(H,24,27). The Morgan fingerprint density at radius 2 is 1.96 bits per heavy atom. The summed E-state index contributed by atoms with van der Waals surface area (Å²) >= 11 is 1.65. The molecule has 4 rings (SSSR count). The minimum absolute atomic E-state index is 0.00181. The van der Waals surface area contributed by atoms with Gasteiger partial charge in [-0.1, -0.05) is 6.07 Å². The fourth-order valence-electron chi connectivity index (χ4n) is 3.33. The summed E-state index contributed by atoms with van der Waals surface area (Å²) in [6.07, 6.45) is 5.84. The molecule has 1 aliphatic rings. The van der Waals surface area contributed by atoms with Gasteiger partial charge < -0.3 is 10.6 Å². The van der Waals surface area contributed by atoms with Gasteiger partial charge in [-0.3, -0.25) is 14.6 Å². The van der Waals surface area contributed by atoms with Crippen LogP contribution in [0.3, 0.4) is 0 Å². The van der Waals surface area contributed by atoms with Crippen LogP contribution in [-0.2, 0) is 22.4 Å². The molecular weight excluding hydrogens is 372 g/mol. The number of nitrogens with one attached hydrogen (secondary N) is 2. The Kier molecular flexibility index (Phi) is 5.16. The minimum atomic E-state index is -0.141. The lowest BCUT2D eigenvalue weighted by Gasteiger charge is -2.20. The number of fused-ring (bicyclic) bond motifs is 1. The summed E-state index contributed by atoms with van der Waals surface area (Å²) < 4.78 is 0. The molecule has 1 aromatic carbocycles. The SMILES string of the molecule is CC(=O)Nc1cccc(NC(=O)C2CCc3nc(-c4cccnc4)sc3C2)c1. The molecule has 1 atom stereocenters. The summed E-state index contributed by atoms with van der Waals surface area (Å²) in [6.45, 7) is 1.46. The van der Waals surface area contributed by atoms with Crippen LogP contribution in [0, 0.1) is 5.92 Å². The van der Waals surface area contributed by atoms with Gasteiger partial charge in [-0.15, -0.1) is 11.3 Å². The van der Waals surface area contributed by atoms with Crippen molar-refractivity contribution in [3.8, 4) is 10.6 Å². The first-order valence-corrected chi connectivity index (χ1v) is 9.97.